The summed E-state index contributed by atoms with van der Waals surface area (Å²) in [6.07, 6.45) is 0. The summed E-state index contributed by atoms with van der Waals surface area (Å²) in [7, 11) is 1.24. The van der Waals surface area contributed by atoms with E-state index in [-0.39, 0.29) is 0 Å². The second-order valence-corrected chi connectivity index (χ2v) is 4.34. The van der Waals surface area contributed by atoms with Gasteiger partial charge in [-0.25, -0.2) is 0 Å². The molecule has 0 aliphatic rings. The van der Waals surface area contributed by atoms with Gasteiger partial charge < -0.3 is 10.5 Å². The van der Waals surface area contributed by atoms with Crippen molar-refractivity contribution in [2.24, 2.45) is 5.73 Å². The molecule has 0 aromatic heterocycles. The van der Waals surface area contributed by atoms with Crippen molar-refractivity contribution in [3.8, 4) is 0 Å². The van der Waals surface area contributed by atoms with Gasteiger partial charge in [-0.3, -0.25) is 9.59 Å². The number of esters is 1. The predicted octanol–water partition coefficient (Wildman–Crippen LogP) is 1.63. The standard InChI is InChI=1S/C16H15NO3/c1-20-15(19)16(14(17)18,12-8-4-2-5-9-12)13-10-6-3-7-11-13/h2-11H,1H3,(H2,17,18). The number of carbonyl (C=O) groups is 2. The van der Waals surface area contributed by atoms with Crippen molar-refractivity contribution in [2.45, 2.75) is 5.41 Å². The minimum absolute atomic E-state index is 0.491. The Morgan fingerprint density at radius 1 is 0.900 bits per heavy atom. The van der Waals surface area contributed by atoms with Crippen molar-refractivity contribution in [3.05, 3.63) is 71.8 Å². The van der Waals surface area contributed by atoms with Gasteiger partial charge in [0.05, 0.1) is 7.11 Å². The Labute approximate surface area is 117 Å². The van der Waals surface area contributed by atoms with E-state index >= 15 is 0 Å². The number of carbonyl (C=O) groups excluding carboxylic acids is 2. The fraction of sp³-hybridized carbons (Fsp3) is 0.125. The molecular weight excluding hydrogens is 254 g/mol. The smallest absolute Gasteiger partial charge is 0.330 e. The lowest BCUT2D eigenvalue weighted by Crippen LogP contribution is -2.49. The topological polar surface area (TPSA) is 69.4 Å². The lowest BCUT2D eigenvalue weighted by Gasteiger charge is -2.28. The van der Waals surface area contributed by atoms with Crippen molar-refractivity contribution < 1.29 is 14.3 Å². The molecule has 102 valence electrons. The summed E-state index contributed by atoms with van der Waals surface area (Å²) < 4.78 is 4.85. The molecule has 4 heteroatoms. The van der Waals surface area contributed by atoms with Gasteiger partial charge >= 0.3 is 5.97 Å². The maximum absolute atomic E-state index is 12.4. The fourth-order valence-corrected chi connectivity index (χ4v) is 2.32. The van der Waals surface area contributed by atoms with Gasteiger partial charge in [-0.1, -0.05) is 60.7 Å². The average molecular weight is 269 g/mol. The summed E-state index contributed by atoms with van der Waals surface area (Å²) in [5.74, 6) is -1.45. The Kier molecular flexibility index (Phi) is 3.84. The molecule has 0 saturated heterocycles. The normalized spacial score (nSPS) is 10.8. The second-order valence-electron chi connectivity index (χ2n) is 4.34. The van der Waals surface area contributed by atoms with Crippen LogP contribution in [0.1, 0.15) is 11.1 Å². The first-order valence-electron chi connectivity index (χ1n) is 6.13. The molecule has 2 rings (SSSR count). The van der Waals surface area contributed by atoms with Gasteiger partial charge in [-0.15, -0.1) is 0 Å². The van der Waals surface area contributed by atoms with Crippen LogP contribution in [-0.2, 0) is 19.7 Å². The Morgan fingerprint density at radius 3 is 1.60 bits per heavy atom. The lowest BCUT2D eigenvalue weighted by molar-refractivity contribution is -0.149. The van der Waals surface area contributed by atoms with E-state index in [1.165, 1.54) is 7.11 Å². The molecular formula is C16H15NO3. The zero-order valence-electron chi connectivity index (χ0n) is 11.1. The van der Waals surface area contributed by atoms with Gasteiger partial charge in [0.2, 0.25) is 5.91 Å². The monoisotopic (exact) mass is 269 g/mol. The van der Waals surface area contributed by atoms with E-state index < -0.39 is 17.3 Å². The Hall–Kier alpha value is -2.62. The molecule has 0 saturated carbocycles. The highest BCUT2D eigenvalue weighted by molar-refractivity contribution is 6.11. The van der Waals surface area contributed by atoms with E-state index in [0.29, 0.717) is 11.1 Å². The van der Waals surface area contributed by atoms with Crippen molar-refractivity contribution in [2.75, 3.05) is 7.11 Å². The highest BCUT2D eigenvalue weighted by Gasteiger charge is 2.49. The molecule has 0 bridgehead atoms. The SMILES string of the molecule is COC(=O)C(C(N)=O)(c1ccccc1)c1ccccc1. The van der Waals surface area contributed by atoms with Crippen LogP contribution in [0.5, 0.6) is 0 Å². The minimum Gasteiger partial charge on any atom is -0.468 e. The molecule has 0 unspecified atom stereocenters. The molecule has 2 aromatic rings. The number of primary amides is 1. The van der Waals surface area contributed by atoms with E-state index in [0.717, 1.165) is 0 Å². The number of benzene rings is 2. The highest BCUT2D eigenvalue weighted by atomic mass is 16.5. The first-order valence-corrected chi connectivity index (χ1v) is 6.13. The van der Waals surface area contributed by atoms with Gasteiger partial charge in [-0.2, -0.15) is 0 Å². The first kappa shape index (κ1) is 13.8. The quantitative estimate of drug-likeness (QED) is 0.677. The van der Waals surface area contributed by atoms with Crippen LogP contribution in [0.3, 0.4) is 0 Å². The predicted molar refractivity (Wildman–Crippen MR) is 74.9 cm³/mol. The molecule has 0 fully saturated rings. The molecule has 20 heavy (non-hydrogen) atoms. The van der Waals surface area contributed by atoms with Crippen molar-refractivity contribution >= 4 is 11.9 Å². The number of hydrogen-bond acceptors (Lipinski definition) is 3. The Bertz CT molecular complexity index is 569. The number of nitrogens with two attached hydrogens (primary N) is 1. The number of hydrogen-bond donors (Lipinski definition) is 1. The molecule has 2 aromatic carbocycles. The third kappa shape index (κ3) is 2.05. The third-order valence-corrected chi connectivity index (χ3v) is 3.27. The van der Waals surface area contributed by atoms with Crippen LogP contribution in [0.2, 0.25) is 0 Å². The van der Waals surface area contributed by atoms with Crippen LogP contribution < -0.4 is 5.73 Å². The lowest BCUT2D eigenvalue weighted by atomic mass is 9.74. The summed E-state index contributed by atoms with van der Waals surface area (Å²) in [4.78, 5) is 24.5. The molecule has 0 spiro atoms. The average Bonchev–Trinajstić information content (AvgIpc) is 2.49. The first-order chi connectivity index (χ1) is 9.64. The second kappa shape index (κ2) is 5.57. The van der Waals surface area contributed by atoms with Crippen LogP contribution in [0.25, 0.3) is 0 Å². The molecule has 0 aliphatic heterocycles. The summed E-state index contributed by atoms with van der Waals surface area (Å²) >= 11 is 0. The summed E-state index contributed by atoms with van der Waals surface area (Å²) in [6.45, 7) is 0. The summed E-state index contributed by atoms with van der Waals surface area (Å²) in [5, 5.41) is 0. The maximum atomic E-state index is 12.4. The number of rotatable bonds is 4. The zero-order chi connectivity index (χ0) is 14.6. The van der Waals surface area contributed by atoms with E-state index in [2.05, 4.69) is 0 Å². The summed E-state index contributed by atoms with van der Waals surface area (Å²) in [5.41, 5.74) is 4.93. The van der Waals surface area contributed by atoms with Gasteiger partial charge in [0, 0.05) is 0 Å². The molecule has 4 nitrogen and oxygen atoms in total. The van der Waals surface area contributed by atoms with Crippen molar-refractivity contribution in [1.29, 1.82) is 0 Å². The van der Waals surface area contributed by atoms with E-state index in [1.807, 2.05) is 0 Å². The Balaban J connectivity index is 2.77. The number of methoxy groups -OCH3 is 1. The molecule has 1 amide bonds. The molecule has 0 atom stereocenters. The van der Waals surface area contributed by atoms with Gasteiger partial charge in [0.25, 0.3) is 0 Å². The fourth-order valence-electron chi connectivity index (χ4n) is 2.32. The van der Waals surface area contributed by atoms with Crippen LogP contribution in [0.15, 0.2) is 60.7 Å². The number of amides is 1. The van der Waals surface area contributed by atoms with Crippen LogP contribution in [0.4, 0.5) is 0 Å². The van der Waals surface area contributed by atoms with Crippen molar-refractivity contribution in [1.82, 2.24) is 0 Å². The largest absolute Gasteiger partial charge is 0.468 e. The van der Waals surface area contributed by atoms with Gasteiger partial charge in [0.15, 0.2) is 5.41 Å². The maximum Gasteiger partial charge on any atom is 0.330 e. The van der Waals surface area contributed by atoms with Crippen LogP contribution >= 0.6 is 0 Å². The third-order valence-electron chi connectivity index (χ3n) is 3.27. The molecule has 0 heterocycles. The van der Waals surface area contributed by atoms with Gasteiger partial charge in [-0.05, 0) is 11.1 Å². The van der Waals surface area contributed by atoms with E-state index in [1.54, 1.807) is 60.7 Å². The van der Waals surface area contributed by atoms with Crippen molar-refractivity contribution in [3.63, 3.8) is 0 Å². The molecule has 2 N–H and O–H groups in total. The zero-order valence-corrected chi connectivity index (χ0v) is 11.1. The number of ether oxygens (including phenoxy) is 1. The van der Waals surface area contributed by atoms with Crippen LogP contribution in [-0.4, -0.2) is 19.0 Å². The molecule has 0 radical (unpaired) electrons. The summed E-state index contributed by atoms with van der Waals surface area (Å²) in [6, 6.07) is 17.4. The highest BCUT2D eigenvalue weighted by Crippen LogP contribution is 2.33. The minimum atomic E-state index is -1.63. The molecule has 0 aliphatic carbocycles. The van der Waals surface area contributed by atoms with E-state index in [9.17, 15) is 9.59 Å². The van der Waals surface area contributed by atoms with Gasteiger partial charge in [0.1, 0.15) is 0 Å². The van der Waals surface area contributed by atoms with E-state index in [4.69, 9.17) is 10.5 Å². The Morgan fingerprint density at radius 2 is 1.30 bits per heavy atom. The van der Waals surface area contributed by atoms with Crippen LogP contribution in [0, 0.1) is 0 Å².